The van der Waals surface area contributed by atoms with Gasteiger partial charge in [-0.15, -0.1) is 0 Å². The smallest absolute Gasteiger partial charge is 0.341 e. The minimum Gasteiger partial charge on any atom is -0.341 e. The van der Waals surface area contributed by atoms with Gasteiger partial charge >= 0.3 is 6.18 Å². The van der Waals surface area contributed by atoms with Crippen molar-refractivity contribution in [3.8, 4) is 0 Å². The van der Waals surface area contributed by atoms with Gasteiger partial charge in [0.1, 0.15) is 0 Å². The highest BCUT2D eigenvalue weighted by atomic mass is 19.4. The zero-order chi connectivity index (χ0) is 15.7. The lowest BCUT2D eigenvalue weighted by Crippen LogP contribution is -2.41. The first-order chi connectivity index (χ1) is 9.74. The van der Waals surface area contributed by atoms with Crippen LogP contribution in [-0.2, 0) is 17.5 Å². The van der Waals surface area contributed by atoms with Crippen molar-refractivity contribution in [1.29, 1.82) is 0 Å². The summed E-state index contributed by atoms with van der Waals surface area (Å²) in [4.78, 5) is 13.8. The lowest BCUT2D eigenvalue weighted by molar-refractivity contribution is -0.142. The second-order valence-electron chi connectivity index (χ2n) is 5.80. The van der Waals surface area contributed by atoms with E-state index in [1.807, 2.05) is 6.92 Å². The van der Waals surface area contributed by atoms with Crippen molar-refractivity contribution in [2.24, 2.45) is 5.41 Å². The van der Waals surface area contributed by atoms with Crippen LogP contribution in [0.5, 0.6) is 0 Å². The Bertz CT molecular complexity index is 522. The zero-order valence-corrected chi connectivity index (χ0v) is 12.1. The minimum atomic E-state index is -4.40. The van der Waals surface area contributed by atoms with Crippen LogP contribution in [-0.4, -0.2) is 30.9 Å². The average Bonchev–Trinajstić information content (AvgIpc) is 2.85. The van der Waals surface area contributed by atoms with Gasteiger partial charge in [-0.3, -0.25) is 4.79 Å². The van der Waals surface area contributed by atoms with E-state index in [-0.39, 0.29) is 18.0 Å². The summed E-state index contributed by atoms with van der Waals surface area (Å²) >= 11 is 0. The Morgan fingerprint density at radius 1 is 1.38 bits per heavy atom. The summed E-state index contributed by atoms with van der Waals surface area (Å²) < 4.78 is 38.9. The van der Waals surface area contributed by atoms with E-state index < -0.39 is 17.2 Å². The molecule has 0 saturated carbocycles. The van der Waals surface area contributed by atoms with E-state index in [0.717, 1.165) is 12.6 Å². The lowest BCUT2D eigenvalue weighted by Gasteiger charge is -2.29. The zero-order valence-electron chi connectivity index (χ0n) is 12.1. The molecule has 1 saturated heterocycles. The van der Waals surface area contributed by atoms with E-state index in [9.17, 15) is 18.0 Å². The predicted molar refractivity (Wildman–Crippen MR) is 73.5 cm³/mol. The highest BCUT2D eigenvalue weighted by Gasteiger charge is 2.39. The van der Waals surface area contributed by atoms with Gasteiger partial charge in [-0.25, -0.2) is 0 Å². The molecule has 1 heterocycles. The standard InChI is InChI=1S/C15H19F3N2O/c1-14(7-8-19-10-14)13(21)20(2)9-11-5-3-4-6-12(11)15(16,17)18/h3-6,19H,7-10H2,1-2H3/t14-/m1/s1. The van der Waals surface area contributed by atoms with Crippen molar-refractivity contribution < 1.29 is 18.0 Å². The summed E-state index contributed by atoms with van der Waals surface area (Å²) in [6, 6.07) is 5.38. The summed E-state index contributed by atoms with van der Waals surface area (Å²) in [5.41, 5.74) is -1.09. The highest BCUT2D eigenvalue weighted by Crippen LogP contribution is 2.33. The van der Waals surface area contributed by atoms with Crippen LogP contribution in [0.15, 0.2) is 24.3 Å². The lowest BCUT2D eigenvalue weighted by atomic mass is 9.88. The minimum absolute atomic E-state index is 0.0376. The van der Waals surface area contributed by atoms with Crippen LogP contribution >= 0.6 is 0 Å². The molecule has 0 unspecified atom stereocenters. The van der Waals surface area contributed by atoms with Crippen LogP contribution < -0.4 is 5.32 Å². The van der Waals surface area contributed by atoms with E-state index in [4.69, 9.17) is 0 Å². The molecule has 21 heavy (non-hydrogen) atoms. The summed E-state index contributed by atoms with van der Waals surface area (Å²) in [5, 5.41) is 3.12. The molecule has 6 heteroatoms. The number of benzene rings is 1. The average molecular weight is 300 g/mol. The van der Waals surface area contributed by atoms with Crippen molar-refractivity contribution >= 4 is 5.91 Å². The Morgan fingerprint density at radius 2 is 2.05 bits per heavy atom. The number of alkyl halides is 3. The van der Waals surface area contributed by atoms with Gasteiger partial charge in [0.15, 0.2) is 0 Å². The molecule has 1 aliphatic rings. The SMILES string of the molecule is CN(Cc1ccccc1C(F)(F)F)C(=O)[C@]1(C)CCNC1. The summed E-state index contributed by atoms with van der Waals surface area (Å²) in [6.45, 7) is 3.14. The maximum absolute atomic E-state index is 13.0. The van der Waals surface area contributed by atoms with E-state index in [1.165, 1.54) is 17.0 Å². The van der Waals surface area contributed by atoms with Crippen molar-refractivity contribution in [3.05, 3.63) is 35.4 Å². The molecule has 1 aliphatic heterocycles. The molecule has 116 valence electrons. The van der Waals surface area contributed by atoms with Crippen molar-refractivity contribution in [2.75, 3.05) is 20.1 Å². The van der Waals surface area contributed by atoms with Gasteiger partial charge in [0.05, 0.1) is 11.0 Å². The van der Waals surface area contributed by atoms with Crippen LogP contribution in [0.1, 0.15) is 24.5 Å². The number of rotatable bonds is 3. The molecule has 2 rings (SSSR count). The number of halogens is 3. The quantitative estimate of drug-likeness (QED) is 0.931. The van der Waals surface area contributed by atoms with Gasteiger partial charge in [-0.05, 0) is 31.5 Å². The van der Waals surface area contributed by atoms with E-state index in [2.05, 4.69) is 5.32 Å². The third-order valence-electron chi connectivity index (χ3n) is 3.96. The fraction of sp³-hybridized carbons (Fsp3) is 0.533. The van der Waals surface area contributed by atoms with Crippen LogP contribution in [0.25, 0.3) is 0 Å². The van der Waals surface area contributed by atoms with Crippen LogP contribution in [0, 0.1) is 5.41 Å². The fourth-order valence-electron chi connectivity index (χ4n) is 2.72. The summed E-state index contributed by atoms with van der Waals surface area (Å²) in [7, 11) is 1.55. The molecule has 1 aromatic rings. The van der Waals surface area contributed by atoms with Crippen LogP contribution in [0.2, 0.25) is 0 Å². The van der Waals surface area contributed by atoms with Gasteiger partial charge in [0.2, 0.25) is 5.91 Å². The largest absolute Gasteiger partial charge is 0.416 e. The molecule has 0 spiro atoms. The Balaban J connectivity index is 2.17. The Labute approximate surface area is 122 Å². The first-order valence-corrected chi connectivity index (χ1v) is 6.85. The van der Waals surface area contributed by atoms with E-state index >= 15 is 0 Å². The molecule has 1 amide bonds. The number of hydrogen-bond acceptors (Lipinski definition) is 2. The van der Waals surface area contributed by atoms with Gasteiger partial charge in [0, 0.05) is 20.1 Å². The molecule has 1 fully saturated rings. The molecule has 0 aromatic heterocycles. The molecule has 0 bridgehead atoms. The number of carbonyl (C=O) groups excluding carboxylic acids is 1. The van der Waals surface area contributed by atoms with Crippen LogP contribution in [0.4, 0.5) is 13.2 Å². The number of carbonyl (C=O) groups is 1. The Kier molecular flexibility index (Phi) is 4.27. The number of hydrogen-bond donors (Lipinski definition) is 1. The number of nitrogens with zero attached hydrogens (tertiary/aromatic N) is 1. The second kappa shape index (κ2) is 5.67. The predicted octanol–water partition coefficient (Wildman–Crippen LogP) is 2.66. The number of amides is 1. The fourth-order valence-corrected chi connectivity index (χ4v) is 2.72. The maximum atomic E-state index is 13.0. The molecule has 0 aliphatic carbocycles. The van der Waals surface area contributed by atoms with E-state index in [1.54, 1.807) is 13.1 Å². The molecule has 1 aromatic carbocycles. The second-order valence-corrected chi connectivity index (χ2v) is 5.80. The van der Waals surface area contributed by atoms with Gasteiger partial charge in [-0.1, -0.05) is 18.2 Å². The maximum Gasteiger partial charge on any atom is 0.416 e. The van der Waals surface area contributed by atoms with Crippen molar-refractivity contribution in [1.82, 2.24) is 10.2 Å². The van der Waals surface area contributed by atoms with Gasteiger partial charge in [-0.2, -0.15) is 13.2 Å². The first kappa shape index (κ1) is 15.8. The molecular formula is C15H19F3N2O. The van der Waals surface area contributed by atoms with Gasteiger partial charge < -0.3 is 10.2 Å². The van der Waals surface area contributed by atoms with Crippen LogP contribution in [0.3, 0.4) is 0 Å². The summed E-state index contributed by atoms with van der Waals surface area (Å²) in [6.07, 6.45) is -3.70. The summed E-state index contributed by atoms with van der Waals surface area (Å²) in [5.74, 6) is -0.121. The number of nitrogens with one attached hydrogen (secondary N) is 1. The van der Waals surface area contributed by atoms with Gasteiger partial charge in [0.25, 0.3) is 0 Å². The van der Waals surface area contributed by atoms with Crippen molar-refractivity contribution in [2.45, 2.75) is 26.1 Å². The monoisotopic (exact) mass is 300 g/mol. The molecule has 1 atom stereocenters. The third kappa shape index (κ3) is 3.37. The Morgan fingerprint density at radius 3 is 2.62 bits per heavy atom. The highest BCUT2D eigenvalue weighted by molar-refractivity contribution is 5.82. The Hall–Kier alpha value is -1.56. The third-order valence-corrected chi connectivity index (χ3v) is 3.96. The normalized spacial score (nSPS) is 22.3. The first-order valence-electron chi connectivity index (χ1n) is 6.85. The topological polar surface area (TPSA) is 32.3 Å². The van der Waals surface area contributed by atoms with E-state index in [0.29, 0.717) is 13.0 Å². The van der Waals surface area contributed by atoms with Crippen molar-refractivity contribution in [3.63, 3.8) is 0 Å². The molecular weight excluding hydrogens is 281 g/mol. The molecule has 1 N–H and O–H groups in total. The molecule has 3 nitrogen and oxygen atoms in total. The molecule has 0 radical (unpaired) electrons.